The van der Waals surface area contributed by atoms with Crippen molar-refractivity contribution in [3.63, 3.8) is 0 Å². The molecule has 1 amide bonds. The summed E-state index contributed by atoms with van der Waals surface area (Å²) in [7, 11) is 1.87. The van der Waals surface area contributed by atoms with Crippen LogP contribution in [0.2, 0.25) is 0 Å². The third kappa shape index (κ3) is 3.47. The summed E-state index contributed by atoms with van der Waals surface area (Å²) in [5.41, 5.74) is 0.800. The fourth-order valence-corrected chi connectivity index (χ4v) is 2.14. The van der Waals surface area contributed by atoms with Crippen molar-refractivity contribution in [1.29, 1.82) is 0 Å². The Labute approximate surface area is 111 Å². The normalized spacial score (nSPS) is 12.2. The van der Waals surface area contributed by atoms with E-state index in [4.69, 9.17) is 0 Å². The highest BCUT2D eigenvalue weighted by Crippen LogP contribution is 2.14. The van der Waals surface area contributed by atoms with Crippen LogP contribution in [0.5, 0.6) is 0 Å². The molecule has 0 saturated heterocycles. The molecule has 0 heterocycles. The zero-order chi connectivity index (χ0) is 12.1. The molecule has 1 aromatic carbocycles. The number of rotatable bonds is 4. The molecule has 1 rings (SSSR count). The van der Waals surface area contributed by atoms with Gasteiger partial charge in [-0.25, -0.2) is 0 Å². The van der Waals surface area contributed by atoms with Gasteiger partial charge in [0.05, 0.1) is 5.56 Å². The number of hydrogen-bond acceptors (Lipinski definition) is 1. The summed E-state index contributed by atoms with van der Waals surface area (Å²) in [6, 6.07) is 7.71. The van der Waals surface area contributed by atoms with Gasteiger partial charge in [0.25, 0.3) is 5.91 Å². The summed E-state index contributed by atoms with van der Waals surface area (Å²) in [5, 5.41) is 0. The fraction of sp³-hybridized carbons (Fsp3) is 0.462. The molecule has 1 aromatic rings. The lowest BCUT2D eigenvalue weighted by atomic mass is 10.1. The number of carbonyl (C=O) groups is 1. The van der Waals surface area contributed by atoms with E-state index in [1.807, 2.05) is 36.2 Å². The molecule has 88 valence electrons. The zero-order valence-electron chi connectivity index (χ0n) is 10.0. The first-order valence-electron chi connectivity index (χ1n) is 5.56. The van der Waals surface area contributed by atoms with Crippen LogP contribution in [0.25, 0.3) is 0 Å². The van der Waals surface area contributed by atoms with Crippen LogP contribution >= 0.6 is 22.6 Å². The Kier molecular flexibility index (Phi) is 5.25. The van der Waals surface area contributed by atoms with Gasteiger partial charge in [0.2, 0.25) is 0 Å². The van der Waals surface area contributed by atoms with Gasteiger partial charge in [0, 0.05) is 17.2 Å². The lowest BCUT2D eigenvalue weighted by Crippen LogP contribution is -2.31. The van der Waals surface area contributed by atoms with E-state index in [0.717, 1.165) is 22.1 Å². The van der Waals surface area contributed by atoms with E-state index in [-0.39, 0.29) is 5.91 Å². The lowest BCUT2D eigenvalue weighted by Gasteiger charge is -2.21. The molecule has 0 aliphatic carbocycles. The predicted octanol–water partition coefficient (Wildman–Crippen LogP) is 3.41. The smallest absolute Gasteiger partial charge is 0.254 e. The maximum absolute atomic E-state index is 12.1. The average molecular weight is 331 g/mol. The molecular weight excluding hydrogens is 313 g/mol. The first-order chi connectivity index (χ1) is 7.56. The number of carbonyl (C=O) groups excluding carboxylic acids is 1. The molecular formula is C13H18INO. The van der Waals surface area contributed by atoms with Crippen LogP contribution in [-0.2, 0) is 0 Å². The van der Waals surface area contributed by atoms with E-state index in [1.165, 1.54) is 0 Å². The van der Waals surface area contributed by atoms with Gasteiger partial charge in [0.15, 0.2) is 0 Å². The molecule has 3 heteroatoms. The quantitative estimate of drug-likeness (QED) is 0.775. The van der Waals surface area contributed by atoms with Gasteiger partial charge >= 0.3 is 0 Å². The molecule has 2 nitrogen and oxygen atoms in total. The van der Waals surface area contributed by atoms with Gasteiger partial charge in [-0.15, -0.1) is 0 Å². The van der Waals surface area contributed by atoms with Gasteiger partial charge in [-0.05, 0) is 40.6 Å². The summed E-state index contributed by atoms with van der Waals surface area (Å²) < 4.78 is 1.01. The van der Waals surface area contributed by atoms with Crippen LogP contribution < -0.4 is 0 Å². The second-order valence-electron chi connectivity index (χ2n) is 4.18. The number of hydrogen-bond donors (Lipinski definition) is 0. The number of benzene rings is 1. The molecule has 1 unspecified atom stereocenters. The third-order valence-electron chi connectivity index (χ3n) is 2.73. The Hall–Kier alpha value is -0.580. The molecule has 1 atom stereocenters. The molecule has 0 aromatic heterocycles. The standard InChI is InChI=1S/C13H18INO/c1-4-10(2)9-15(3)13(16)11-7-5-6-8-12(11)14/h5-8,10H,4,9H2,1-3H3. The molecule has 0 bridgehead atoms. The van der Waals surface area contributed by atoms with E-state index in [1.54, 1.807) is 0 Å². The number of amides is 1. The topological polar surface area (TPSA) is 20.3 Å². The monoisotopic (exact) mass is 331 g/mol. The van der Waals surface area contributed by atoms with E-state index in [0.29, 0.717) is 5.92 Å². The van der Waals surface area contributed by atoms with Crippen molar-refractivity contribution in [1.82, 2.24) is 4.90 Å². The number of halogens is 1. The fourth-order valence-electron chi connectivity index (χ4n) is 1.52. The van der Waals surface area contributed by atoms with Crippen molar-refractivity contribution in [2.45, 2.75) is 20.3 Å². The van der Waals surface area contributed by atoms with Gasteiger partial charge < -0.3 is 4.90 Å². The molecule has 0 aliphatic rings. The Balaban J connectivity index is 2.75. The summed E-state index contributed by atoms with van der Waals surface area (Å²) in [4.78, 5) is 13.9. The van der Waals surface area contributed by atoms with Gasteiger partial charge in [-0.1, -0.05) is 32.4 Å². The van der Waals surface area contributed by atoms with Crippen LogP contribution in [0.4, 0.5) is 0 Å². The molecule has 0 aliphatic heterocycles. The second kappa shape index (κ2) is 6.23. The van der Waals surface area contributed by atoms with Crippen molar-refractivity contribution < 1.29 is 4.79 Å². The average Bonchev–Trinajstić information content (AvgIpc) is 2.28. The van der Waals surface area contributed by atoms with Crippen molar-refractivity contribution in [3.05, 3.63) is 33.4 Å². The third-order valence-corrected chi connectivity index (χ3v) is 3.67. The maximum atomic E-state index is 12.1. The van der Waals surface area contributed by atoms with E-state index in [9.17, 15) is 4.79 Å². The van der Waals surface area contributed by atoms with Crippen molar-refractivity contribution in [2.24, 2.45) is 5.92 Å². The van der Waals surface area contributed by atoms with Gasteiger partial charge in [-0.2, -0.15) is 0 Å². The van der Waals surface area contributed by atoms with E-state index >= 15 is 0 Å². The van der Waals surface area contributed by atoms with Crippen LogP contribution in [0, 0.1) is 9.49 Å². The minimum absolute atomic E-state index is 0.116. The van der Waals surface area contributed by atoms with Crippen molar-refractivity contribution >= 4 is 28.5 Å². The zero-order valence-corrected chi connectivity index (χ0v) is 12.2. The summed E-state index contributed by atoms with van der Waals surface area (Å²) in [6.07, 6.45) is 1.10. The van der Waals surface area contributed by atoms with Crippen LogP contribution in [0.1, 0.15) is 30.6 Å². The van der Waals surface area contributed by atoms with Gasteiger partial charge in [0.1, 0.15) is 0 Å². The Bertz CT molecular complexity index is 365. The Morgan fingerprint density at radius 1 is 1.44 bits per heavy atom. The first kappa shape index (κ1) is 13.5. The molecule has 16 heavy (non-hydrogen) atoms. The first-order valence-corrected chi connectivity index (χ1v) is 6.64. The molecule has 0 saturated carbocycles. The van der Waals surface area contributed by atoms with Crippen molar-refractivity contribution in [2.75, 3.05) is 13.6 Å². The summed E-state index contributed by atoms with van der Waals surface area (Å²) in [6.45, 7) is 5.13. The van der Waals surface area contributed by atoms with Crippen molar-refractivity contribution in [3.8, 4) is 0 Å². The highest BCUT2D eigenvalue weighted by molar-refractivity contribution is 14.1. The van der Waals surface area contributed by atoms with Crippen LogP contribution in [0.3, 0.4) is 0 Å². The molecule has 0 fully saturated rings. The molecule has 0 N–H and O–H groups in total. The summed E-state index contributed by atoms with van der Waals surface area (Å²) >= 11 is 2.20. The Morgan fingerprint density at radius 2 is 2.06 bits per heavy atom. The van der Waals surface area contributed by atoms with E-state index in [2.05, 4.69) is 36.4 Å². The molecule has 0 radical (unpaired) electrons. The SMILES string of the molecule is CCC(C)CN(C)C(=O)c1ccccc1I. The second-order valence-corrected chi connectivity index (χ2v) is 5.34. The predicted molar refractivity (Wildman–Crippen MR) is 75.6 cm³/mol. The lowest BCUT2D eigenvalue weighted by molar-refractivity contribution is 0.0774. The minimum atomic E-state index is 0.116. The molecule has 0 spiro atoms. The summed E-state index contributed by atoms with van der Waals surface area (Å²) in [5.74, 6) is 0.667. The highest BCUT2D eigenvalue weighted by Gasteiger charge is 2.15. The Morgan fingerprint density at radius 3 is 2.62 bits per heavy atom. The highest BCUT2D eigenvalue weighted by atomic mass is 127. The van der Waals surface area contributed by atoms with Crippen LogP contribution in [0.15, 0.2) is 24.3 Å². The minimum Gasteiger partial charge on any atom is -0.341 e. The largest absolute Gasteiger partial charge is 0.341 e. The van der Waals surface area contributed by atoms with Gasteiger partial charge in [-0.3, -0.25) is 4.79 Å². The maximum Gasteiger partial charge on any atom is 0.254 e. The van der Waals surface area contributed by atoms with Crippen LogP contribution in [-0.4, -0.2) is 24.4 Å². The number of nitrogens with zero attached hydrogens (tertiary/aromatic N) is 1. The van der Waals surface area contributed by atoms with E-state index < -0.39 is 0 Å².